The molecule has 0 aromatic carbocycles. The molecule has 1 atom stereocenters. The number of rotatable bonds is 5. The van der Waals surface area contributed by atoms with Crippen LogP contribution < -0.4 is 0 Å². The van der Waals surface area contributed by atoms with Crippen molar-refractivity contribution in [1.82, 2.24) is 4.90 Å². The lowest BCUT2D eigenvalue weighted by molar-refractivity contribution is -0.133. The molecule has 1 N–H and O–H groups in total. The molecule has 0 saturated heterocycles. The first-order chi connectivity index (χ1) is 5.50. The first kappa shape index (κ1) is 11.2. The van der Waals surface area contributed by atoms with Gasteiger partial charge in [0.05, 0.1) is 0 Å². The maximum atomic E-state index is 10.6. The molecule has 0 spiro atoms. The molecule has 0 amide bonds. The summed E-state index contributed by atoms with van der Waals surface area (Å²) in [6.07, 6.45) is 1.81. The van der Waals surface area contributed by atoms with Crippen LogP contribution in [0.1, 0.15) is 19.8 Å². The number of hydrogen-bond acceptors (Lipinski definition) is 2. The fourth-order valence-electron chi connectivity index (χ4n) is 1.16. The topological polar surface area (TPSA) is 40.5 Å². The van der Waals surface area contributed by atoms with Crippen LogP contribution in [0.2, 0.25) is 0 Å². The van der Waals surface area contributed by atoms with E-state index in [0.717, 1.165) is 12.8 Å². The van der Waals surface area contributed by atoms with Gasteiger partial charge in [0.1, 0.15) is 0 Å². The predicted octanol–water partition coefficient (Wildman–Crippen LogP) is 1.36. The highest BCUT2D eigenvalue weighted by atomic mass is 16.4. The average Bonchev–Trinajstić information content (AvgIpc) is 1.98. The van der Waals surface area contributed by atoms with Crippen molar-refractivity contribution in [1.29, 1.82) is 0 Å². The van der Waals surface area contributed by atoms with Gasteiger partial charge in [-0.1, -0.05) is 19.9 Å². The van der Waals surface area contributed by atoms with Crippen LogP contribution in [0.3, 0.4) is 0 Å². The van der Waals surface area contributed by atoms with Gasteiger partial charge in [-0.3, -0.25) is 0 Å². The molecule has 12 heavy (non-hydrogen) atoms. The van der Waals surface area contributed by atoms with Crippen molar-refractivity contribution in [3.8, 4) is 0 Å². The van der Waals surface area contributed by atoms with Crippen LogP contribution in [0.4, 0.5) is 0 Å². The molecule has 0 aromatic rings. The molecule has 0 heterocycles. The van der Waals surface area contributed by atoms with Crippen LogP contribution >= 0.6 is 0 Å². The molecule has 0 aliphatic heterocycles. The normalized spacial score (nSPS) is 13.0. The highest BCUT2D eigenvalue weighted by Crippen LogP contribution is 2.11. The molecule has 1 unspecified atom stereocenters. The first-order valence-corrected chi connectivity index (χ1v) is 4.09. The Kier molecular flexibility index (Phi) is 4.59. The smallest absolute Gasteiger partial charge is 0.332 e. The largest absolute Gasteiger partial charge is 0.478 e. The molecule has 70 valence electrons. The van der Waals surface area contributed by atoms with E-state index in [2.05, 4.69) is 6.58 Å². The fourth-order valence-corrected chi connectivity index (χ4v) is 1.16. The fraction of sp³-hybridized carbons (Fsp3) is 0.667. The Balaban J connectivity index is 4.29. The molecular weight excluding hydrogens is 154 g/mol. The number of carbonyl (C=O) groups is 1. The summed E-state index contributed by atoms with van der Waals surface area (Å²) in [4.78, 5) is 12.5. The number of carboxylic acids is 1. The van der Waals surface area contributed by atoms with E-state index in [9.17, 15) is 4.79 Å². The standard InChI is InChI=1S/C9H17NO2/c1-5-6-8(10(3)4)7(2)9(11)12/h8H,2,5-6H2,1,3-4H3,(H,11,12). The van der Waals surface area contributed by atoms with E-state index in [1.165, 1.54) is 0 Å². The molecule has 0 bridgehead atoms. The van der Waals surface area contributed by atoms with Gasteiger partial charge in [-0.15, -0.1) is 0 Å². The Morgan fingerprint density at radius 1 is 1.58 bits per heavy atom. The van der Waals surface area contributed by atoms with Gasteiger partial charge >= 0.3 is 5.97 Å². The molecule has 0 aliphatic carbocycles. The zero-order valence-electron chi connectivity index (χ0n) is 8.00. The molecule has 3 nitrogen and oxygen atoms in total. The number of hydrogen-bond donors (Lipinski definition) is 1. The highest BCUT2D eigenvalue weighted by Gasteiger charge is 2.18. The maximum Gasteiger partial charge on any atom is 0.332 e. The number of aliphatic carboxylic acids is 1. The van der Waals surface area contributed by atoms with Crippen LogP contribution in [0, 0.1) is 0 Å². The quantitative estimate of drug-likeness (QED) is 0.635. The van der Waals surface area contributed by atoms with E-state index in [1.54, 1.807) is 0 Å². The molecule has 0 aliphatic rings. The summed E-state index contributed by atoms with van der Waals surface area (Å²) in [7, 11) is 3.74. The number of likely N-dealkylation sites (N-methyl/N-ethyl adjacent to an activating group) is 1. The summed E-state index contributed by atoms with van der Waals surface area (Å²) in [6.45, 7) is 5.59. The first-order valence-electron chi connectivity index (χ1n) is 4.09. The van der Waals surface area contributed by atoms with E-state index < -0.39 is 5.97 Å². The van der Waals surface area contributed by atoms with Crippen molar-refractivity contribution >= 4 is 5.97 Å². The molecule has 3 heteroatoms. The van der Waals surface area contributed by atoms with E-state index >= 15 is 0 Å². The average molecular weight is 171 g/mol. The van der Waals surface area contributed by atoms with Gasteiger partial charge in [0.15, 0.2) is 0 Å². The minimum atomic E-state index is -0.901. The van der Waals surface area contributed by atoms with E-state index in [1.807, 2.05) is 25.9 Å². The van der Waals surface area contributed by atoms with E-state index in [0.29, 0.717) is 0 Å². The SMILES string of the molecule is C=C(C(=O)O)C(CCC)N(C)C. The Bertz CT molecular complexity index is 175. The van der Waals surface area contributed by atoms with Crippen molar-refractivity contribution in [2.45, 2.75) is 25.8 Å². The molecule has 0 fully saturated rings. The van der Waals surface area contributed by atoms with Crippen LogP contribution in [0.15, 0.2) is 12.2 Å². The van der Waals surface area contributed by atoms with Crippen molar-refractivity contribution < 1.29 is 9.90 Å². The van der Waals surface area contributed by atoms with Gasteiger partial charge in [-0.25, -0.2) is 4.79 Å². The second-order valence-corrected chi connectivity index (χ2v) is 3.10. The Morgan fingerprint density at radius 3 is 2.33 bits per heavy atom. The maximum absolute atomic E-state index is 10.6. The second-order valence-electron chi connectivity index (χ2n) is 3.10. The summed E-state index contributed by atoms with van der Waals surface area (Å²) >= 11 is 0. The Morgan fingerprint density at radius 2 is 2.08 bits per heavy atom. The summed E-state index contributed by atoms with van der Waals surface area (Å²) < 4.78 is 0. The van der Waals surface area contributed by atoms with Crippen molar-refractivity contribution in [2.75, 3.05) is 14.1 Å². The van der Waals surface area contributed by atoms with Crippen LogP contribution in [-0.2, 0) is 4.79 Å². The monoisotopic (exact) mass is 171 g/mol. The third-order valence-corrected chi connectivity index (χ3v) is 1.86. The lowest BCUT2D eigenvalue weighted by Crippen LogP contribution is -2.32. The van der Waals surface area contributed by atoms with Gasteiger partial charge in [-0.05, 0) is 20.5 Å². The summed E-state index contributed by atoms with van der Waals surface area (Å²) in [5.41, 5.74) is 0.279. The lowest BCUT2D eigenvalue weighted by atomic mass is 10.0. The predicted molar refractivity (Wildman–Crippen MR) is 49.2 cm³/mol. The zero-order chi connectivity index (χ0) is 9.72. The van der Waals surface area contributed by atoms with Crippen molar-refractivity contribution in [3.63, 3.8) is 0 Å². The number of carboxylic acid groups (broad SMARTS) is 1. The molecular formula is C9H17NO2. The van der Waals surface area contributed by atoms with Gasteiger partial charge in [0.25, 0.3) is 0 Å². The zero-order valence-corrected chi connectivity index (χ0v) is 8.00. The third kappa shape index (κ3) is 3.05. The van der Waals surface area contributed by atoms with Crippen molar-refractivity contribution in [2.24, 2.45) is 0 Å². The molecule has 0 aromatic heterocycles. The molecule has 0 rings (SSSR count). The summed E-state index contributed by atoms with van der Waals surface area (Å²) in [5.74, 6) is -0.901. The van der Waals surface area contributed by atoms with Crippen molar-refractivity contribution in [3.05, 3.63) is 12.2 Å². The van der Waals surface area contributed by atoms with Gasteiger partial charge in [0.2, 0.25) is 0 Å². The van der Waals surface area contributed by atoms with Gasteiger partial charge < -0.3 is 10.0 Å². The van der Waals surface area contributed by atoms with Gasteiger partial charge in [0, 0.05) is 11.6 Å². The second kappa shape index (κ2) is 4.93. The highest BCUT2D eigenvalue weighted by molar-refractivity contribution is 5.87. The Labute approximate surface area is 73.7 Å². The molecule has 0 radical (unpaired) electrons. The van der Waals surface area contributed by atoms with E-state index in [-0.39, 0.29) is 11.6 Å². The van der Waals surface area contributed by atoms with Crippen LogP contribution in [0.25, 0.3) is 0 Å². The summed E-state index contributed by atoms with van der Waals surface area (Å²) in [6, 6.07) is -0.0347. The minimum absolute atomic E-state index is 0.0347. The minimum Gasteiger partial charge on any atom is -0.478 e. The van der Waals surface area contributed by atoms with Crippen LogP contribution in [-0.4, -0.2) is 36.1 Å². The third-order valence-electron chi connectivity index (χ3n) is 1.86. The van der Waals surface area contributed by atoms with E-state index in [4.69, 9.17) is 5.11 Å². The Hall–Kier alpha value is -0.830. The van der Waals surface area contributed by atoms with Crippen LogP contribution in [0.5, 0.6) is 0 Å². The summed E-state index contributed by atoms with van der Waals surface area (Å²) in [5, 5.41) is 8.70. The van der Waals surface area contributed by atoms with Gasteiger partial charge in [-0.2, -0.15) is 0 Å². The molecule has 0 saturated carbocycles. The lowest BCUT2D eigenvalue weighted by Gasteiger charge is -2.23. The number of nitrogens with zero attached hydrogens (tertiary/aromatic N) is 1.